The summed E-state index contributed by atoms with van der Waals surface area (Å²) in [5, 5.41) is 3.35. The van der Waals surface area contributed by atoms with Gasteiger partial charge in [0.05, 0.1) is 13.2 Å². The van der Waals surface area contributed by atoms with Gasteiger partial charge in [0, 0.05) is 50.5 Å². The first-order valence-corrected chi connectivity index (χ1v) is 8.35. The van der Waals surface area contributed by atoms with E-state index in [9.17, 15) is 4.79 Å². The second-order valence-corrected chi connectivity index (χ2v) is 6.16. The molecule has 1 aromatic carbocycles. The first-order chi connectivity index (χ1) is 11.2. The van der Waals surface area contributed by atoms with Crippen molar-refractivity contribution in [1.29, 1.82) is 0 Å². The molecule has 3 rings (SSSR count). The summed E-state index contributed by atoms with van der Waals surface area (Å²) in [7, 11) is 0. The second kappa shape index (κ2) is 7.62. The van der Waals surface area contributed by atoms with Crippen LogP contribution in [0.4, 0.5) is 5.69 Å². The molecule has 0 aromatic heterocycles. The maximum absolute atomic E-state index is 12.2. The average molecular weight is 315 g/mol. The zero-order valence-electron chi connectivity index (χ0n) is 13.7. The van der Waals surface area contributed by atoms with E-state index in [1.54, 1.807) is 6.08 Å². The van der Waals surface area contributed by atoms with Crippen LogP contribution in [0.5, 0.6) is 0 Å². The number of morpholine rings is 1. The maximum atomic E-state index is 12.2. The van der Waals surface area contributed by atoms with Crippen molar-refractivity contribution in [2.45, 2.75) is 13.0 Å². The molecule has 0 aliphatic carbocycles. The quantitative estimate of drug-likeness (QED) is 0.856. The Hall–Kier alpha value is -1.85. The van der Waals surface area contributed by atoms with E-state index in [1.165, 1.54) is 5.69 Å². The number of hydrogen-bond donors (Lipinski definition) is 1. The molecule has 2 aliphatic heterocycles. The van der Waals surface area contributed by atoms with Gasteiger partial charge in [-0.15, -0.1) is 0 Å². The molecular weight excluding hydrogens is 290 g/mol. The fourth-order valence-corrected chi connectivity index (χ4v) is 3.02. The monoisotopic (exact) mass is 315 g/mol. The Kier molecular flexibility index (Phi) is 5.31. The van der Waals surface area contributed by atoms with Gasteiger partial charge in [-0.1, -0.05) is 12.1 Å². The molecule has 0 spiro atoms. The fourth-order valence-electron chi connectivity index (χ4n) is 3.02. The molecule has 2 fully saturated rings. The molecule has 1 atom stereocenters. The normalized spacial score (nSPS) is 22.6. The number of hydrogen-bond acceptors (Lipinski definition) is 4. The molecule has 2 aliphatic rings. The molecule has 23 heavy (non-hydrogen) atoms. The average Bonchev–Trinajstić information content (AvgIpc) is 2.61. The van der Waals surface area contributed by atoms with Gasteiger partial charge in [-0.3, -0.25) is 4.79 Å². The van der Waals surface area contributed by atoms with Gasteiger partial charge in [-0.2, -0.15) is 0 Å². The van der Waals surface area contributed by atoms with Crippen molar-refractivity contribution in [1.82, 2.24) is 10.2 Å². The molecule has 0 radical (unpaired) electrons. The third kappa shape index (κ3) is 4.33. The van der Waals surface area contributed by atoms with Crippen LogP contribution in [-0.2, 0) is 9.53 Å². The predicted molar refractivity (Wildman–Crippen MR) is 92.6 cm³/mol. The summed E-state index contributed by atoms with van der Waals surface area (Å²) in [6.07, 6.45) is 3.58. The largest absolute Gasteiger partial charge is 0.378 e. The summed E-state index contributed by atoms with van der Waals surface area (Å²) in [6.45, 7) is 7.99. The molecule has 1 unspecified atom stereocenters. The minimum Gasteiger partial charge on any atom is -0.378 e. The van der Waals surface area contributed by atoms with E-state index in [1.807, 2.05) is 11.0 Å². The van der Waals surface area contributed by atoms with E-state index >= 15 is 0 Å². The first kappa shape index (κ1) is 16.0. The Morgan fingerprint density at radius 2 is 1.96 bits per heavy atom. The standard InChI is InChI=1S/C18H25N3O2/c1-15-14-21(9-8-19-15)18(22)7-4-16-2-5-17(6-3-16)20-10-12-23-13-11-20/h2-7,15,19H,8-14H2,1H3. The highest BCUT2D eigenvalue weighted by molar-refractivity contribution is 5.91. The number of carbonyl (C=O) groups is 1. The van der Waals surface area contributed by atoms with E-state index in [4.69, 9.17) is 4.74 Å². The van der Waals surface area contributed by atoms with E-state index in [-0.39, 0.29) is 5.91 Å². The Balaban J connectivity index is 1.57. The van der Waals surface area contributed by atoms with Gasteiger partial charge in [0.1, 0.15) is 0 Å². The number of rotatable bonds is 3. The van der Waals surface area contributed by atoms with Crippen molar-refractivity contribution >= 4 is 17.7 Å². The third-order valence-corrected chi connectivity index (χ3v) is 4.37. The lowest BCUT2D eigenvalue weighted by molar-refractivity contribution is -0.127. The molecule has 124 valence electrons. The van der Waals surface area contributed by atoms with Gasteiger partial charge < -0.3 is 19.9 Å². The molecule has 2 heterocycles. The predicted octanol–water partition coefficient (Wildman–Crippen LogP) is 1.36. The molecule has 5 nitrogen and oxygen atoms in total. The second-order valence-electron chi connectivity index (χ2n) is 6.16. The summed E-state index contributed by atoms with van der Waals surface area (Å²) in [5.41, 5.74) is 2.27. The number of ether oxygens (including phenoxy) is 1. The molecule has 1 aromatic rings. The Labute approximate surface area is 137 Å². The SMILES string of the molecule is CC1CN(C(=O)C=Cc2ccc(N3CCOCC3)cc2)CCN1. The van der Waals surface area contributed by atoms with E-state index in [0.29, 0.717) is 6.04 Å². The molecule has 0 saturated carbocycles. The number of anilines is 1. The van der Waals surface area contributed by atoms with Crippen LogP contribution in [0.3, 0.4) is 0 Å². The van der Waals surface area contributed by atoms with Crippen LogP contribution in [0.15, 0.2) is 30.3 Å². The zero-order chi connectivity index (χ0) is 16.1. The highest BCUT2D eigenvalue weighted by Crippen LogP contribution is 2.17. The number of nitrogens with one attached hydrogen (secondary N) is 1. The van der Waals surface area contributed by atoms with Gasteiger partial charge in [-0.25, -0.2) is 0 Å². The number of benzene rings is 1. The maximum Gasteiger partial charge on any atom is 0.246 e. The Morgan fingerprint density at radius 3 is 2.65 bits per heavy atom. The third-order valence-electron chi connectivity index (χ3n) is 4.37. The molecule has 2 saturated heterocycles. The first-order valence-electron chi connectivity index (χ1n) is 8.35. The van der Waals surface area contributed by atoms with Gasteiger partial charge in [-0.05, 0) is 30.7 Å². The van der Waals surface area contributed by atoms with E-state index < -0.39 is 0 Å². The molecule has 1 amide bonds. The topological polar surface area (TPSA) is 44.8 Å². The Morgan fingerprint density at radius 1 is 1.22 bits per heavy atom. The van der Waals surface area contributed by atoms with Gasteiger partial charge >= 0.3 is 0 Å². The van der Waals surface area contributed by atoms with Crippen LogP contribution in [0.1, 0.15) is 12.5 Å². The van der Waals surface area contributed by atoms with Crippen molar-refractivity contribution < 1.29 is 9.53 Å². The number of nitrogens with zero attached hydrogens (tertiary/aromatic N) is 2. The molecule has 5 heteroatoms. The van der Waals surface area contributed by atoms with E-state index in [2.05, 4.69) is 41.4 Å². The van der Waals surface area contributed by atoms with Crippen LogP contribution in [0.25, 0.3) is 6.08 Å². The number of piperazine rings is 1. The Bertz CT molecular complexity index is 550. The lowest BCUT2D eigenvalue weighted by Gasteiger charge is -2.31. The molecular formula is C18H25N3O2. The summed E-state index contributed by atoms with van der Waals surface area (Å²) in [4.78, 5) is 16.4. The smallest absolute Gasteiger partial charge is 0.246 e. The minimum atomic E-state index is 0.0932. The summed E-state index contributed by atoms with van der Waals surface area (Å²) in [5.74, 6) is 0.0932. The van der Waals surface area contributed by atoms with Gasteiger partial charge in [0.2, 0.25) is 5.91 Å². The van der Waals surface area contributed by atoms with Crippen LogP contribution in [0.2, 0.25) is 0 Å². The van der Waals surface area contributed by atoms with Crippen molar-refractivity contribution in [3.8, 4) is 0 Å². The van der Waals surface area contributed by atoms with Crippen molar-refractivity contribution in [3.05, 3.63) is 35.9 Å². The van der Waals surface area contributed by atoms with Crippen molar-refractivity contribution in [2.75, 3.05) is 50.8 Å². The number of amides is 1. The van der Waals surface area contributed by atoms with Crippen LogP contribution >= 0.6 is 0 Å². The lowest BCUT2D eigenvalue weighted by Crippen LogP contribution is -2.50. The van der Waals surface area contributed by atoms with Crippen LogP contribution in [0, 0.1) is 0 Å². The molecule has 0 bridgehead atoms. The summed E-state index contributed by atoms with van der Waals surface area (Å²) in [6, 6.07) is 8.73. The minimum absolute atomic E-state index is 0.0932. The summed E-state index contributed by atoms with van der Waals surface area (Å²) >= 11 is 0. The highest BCUT2D eigenvalue weighted by Gasteiger charge is 2.18. The lowest BCUT2D eigenvalue weighted by atomic mass is 10.1. The van der Waals surface area contributed by atoms with Crippen LogP contribution in [-0.4, -0.2) is 62.8 Å². The van der Waals surface area contributed by atoms with Gasteiger partial charge in [0.25, 0.3) is 0 Å². The summed E-state index contributed by atoms with van der Waals surface area (Å²) < 4.78 is 5.38. The van der Waals surface area contributed by atoms with Crippen molar-refractivity contribution in [3.63, 3.8) is 0 Å². The fraction of sp³-hybridized carbons (Fsp3) is 0.500. The van der Waals surface area contributed by atoms with Crippen LogP contribution < -0.4 is 10.2 Å². The van der Waals surface area contributed by atoms with Gasteiger partial charge in [0.15, 0.2) is 0 Å². The van der Waals surface area contributed by atoms with E-state index in [0.717, 1.165) is 51.5 Å². The van der Waals surface area contributed by atoms with Crippen molar-refractivity contribution in [2.24, 2.45) is 0 Å². The highest BCUT2D eigenvalue weighted by atomic mass is 16.5. The number of carbonyl (C=O) groups excluding carboxylic acids is 1. The molecule has 1 N–H and O–H groups in total. The zero-order valence-corrected chi connectivity index (χ0v) is 13.7.